The van der Waals surface area contributed by atoms with Gasteiger partial charge in [0.1, 0.15) is 5.60 Å². The van der Waals surface area contributed by atoms with Crippen molar-refractivity contribution in [1.82, 2.24) is 0 Å². The minimum atomic E-state index is -0.878. The molecule has 0 bridgehead atoms. The Morgan fingerprint density at radius 1 is 1.28 bits per heavy atom. The predicted molar refractivity (Wildman–Crippen MR) is 59.8 cm³/mol. The maximum atomic E-state index is 10.9. The third kappa shape index (κ3) is 1.71. The number of nitro benzene ring substituents is 2. The highest BCUT2D eigenvalue weighted by Crippen LogP contribution is 2.50. The molecule has 0 atom stereocenters. The van der Waals surface area contributed by atoms with Crippen LogP contribution in [-0.2, 0) is 6.42 Å². The van der Waals surface area contributed by atoms with Gasteiger partial charge in [-0.2, -0.15) is 0 Å². The van der Waals surface area contributed by atoms with E-state index in [1.54, 1.807) is 13.8 Å². The van der Waals surface area contributed by atoms with Gasteiger partial charge in [-0.3, -0.25) is 20.2 Å². The summed E-state index contributed by atoms with van der Waals surface area (Å²) in [6.07, 6.45) is 0.213. The fourth-order valence-electron chi connectivity index (χ4n) is 1.98. The molecule has 1 aliphatic heterocycles. The fourth-order valence-corrected chi connectivity index (χ4v) is 1.98. The highest BCUT2D eigenvalue weighted by Gasteiger charge is 2.41. The second-order valence-electron chi connectivity index (χ2n) is 4.62. The van der Waals surface area contributed by atoms with Gasteiger partial charge in [-0.15, -0.1) is 0 Å². The normalized spacial score (nSPS) is 15.9. The van der Waals surface area contributed by atoms with Gasteiger partial charge >= 0.3 is 5.69 Å². The Labute approximate surface area is 101 Å². The van der Waals surface area contributed by atoms with Crippen molar-refractivity contribution in [3.8, 4) is 11.5 Å². The van der Waals surface area contributed by atoms with E-state index in [-0.39, 0.29) is 17.7 Å². The number of phenolic OH excluding ortho intramolecular Hbond substituents is 1. The summed E-state index contributed by atoms with van der Waals surface area (Å²) in [5.41, 5.74) is -1.67. The van der Waals surface area contributed by atoms with Gasteiger partial charge in [0.25, 0.3) is 5.69 Å². The number of phenols is 1. The molecule has 1 aromatic carbocycles. The maximum Gasteiger partial charge on any atom is 0.321 e. The molecule has 1 aromatic rings. The Balaban J connectivity index is 2.73. The van der Waals surface area contributed by atoms with Gasteiger partial charge in [-0.25, -0.2) is 0 Å². The molecular weight excluding hydrogens is 244 g/mol. The van der Waals surface area contributed by atoms with Gasteiger partial charge in [-0.1, -0.05) is 0 Å². The molecule has 0 aliphatic carbocycles. The third-order valence-corrected chi connectivity index (χ3v) is 2.69. The number of rotatable bonds is 2. The summed E-state index contributed by atoms with van der Waals surface area (Å²) < 4.78 is 5.35. The molecule has 0 saturated heterocycles. The Hall–Kier alpha value is -2.38. The molecule has 0 spiro atoms. The van der Waals surface area contributed by atoms with Crippen LogP contribution in [0, 0.1) is 20.2 Å². The van der Waals surface area contributed by atoms with E-state index in [9.17, 15) is 25.3 Å². The van der Waals surface area contributed by atoms with Gasteiger partial charge in [0, 0.05) is 6.42 Å². The molecule has 2 rings (SSSR count). The highest BCUT2D eigenvalue weighted by atomic mass is 16.6. The van der Waals surface area contributed by atoms with E-state index in [0.717, 1.165) is 6.07 Å². The largest absolute Gasteiger partial charge is 0.500 e. The highest BCUT2D eigenvalue weighted by molar-refractivity contribution is 5.68. The number of hydrogen-bond acceptors (Lipinski definition) is 6. The number of hydrogen-bond donors (Lipinski definition) is 1. The van der Waals surface area contributed by atoms with E-state index in [1.807, 2.05) is 0 Å². The van der Waals surface area contributed by atoms with Gasteiger partial charge in [-0.05, 0) is 13.8 Å². The van der Waals surface area contributed by atoms with E-state index >= 15 is 0 Å². The van der Waals surface area contributed by atoms with Crippen LogP contribution in [0.1, 0.15) is 19.4 Å². The second-order valence-corrected chi connectivity index (χ2v) is 4.62. The van der Waals surface area contributed by atoms with E-state index in [4.69, 9.17) is 4.74 Å². The van der Waals surface area contributed by atoms with Gasteiger partial charge in [0.2, 0.25) is 5.75 Å². The van der Waals surface area contributed by atoms with Gasteiger partial charge in [0.15, 0.2) is 5.75 Å². The zero-order valence-electron chi connectivity index (χ0n) is 9.67. The molecule has 0 unspecified atom stereocenters. The summed E-state index contributed by atoms with van der Waals surface area (Å²) in [6, 6.07) is 0.763. The average molecular weight is 254 g/mol. The van der Waals surface area contributed by atoms with Crippen molar-refractivity contribution < 1.29 is 19.7 Å². The van der Waals surface area contributed by atoms with Crippen LogP contribution in [0.4, 0.5) is 11.4 Å². The van der Waals surface area contributed by atoms with Crippen molar-refractivity contribution in [2.24, 2.45) is 0 Å². The summed E-state index contributed by atoms with van der Waals surface area (Å²) in [7, 11) is 0. The van der Waals surface area contributed by atoms with Crippen LogP contribution in [0.25, 0.3) is 0 Å². The number of nitro groups is 2. The fraction of sp³-hybridized carbons (Fsp3) is 0.400. The number of aromatic hydroxyl groups is 1. The van der Waals surface area contributed by atoms with Crippen molar-refractivity contribution in [2.45, 2.75) is 25.9 Å². The average Bonchev–Trinajstić information content (AvgIpc) is 2.53. The predicted octanol–water partition coefficient (Wildman–Crippen LogP) is 1.92. The lowest BCUT2D eigenvalue weighted by Crippen LogP contribution is -2.24. The lowest BCUT2D eigenvalue weighted by Gasteiger charge is -2.16. The summed E-state index contributed by atoms with van der Waals surface area (Å²) in [5, 5.41) is 31.4. The van der Waals surface area contributed by atoms with E-state index < -0.39 is 32.6 Å². The summed E-state index contributed by atoms with van der Waals surface area (Å²) in [5.74, 6) is -0.827. The Kier molecular flexibility index (Phi) is 2.39. The van der Waals surface area contributed by atoms with Crippen molar-refractivity contribution in [3.63, 3.8) is 0 Å². The zero-order chi connectivity index (χ0) is 13.7. The molecular formula is C10H10N2O6. The molecule has 0 amide bonds. The Morgan fingerprint density at radius 2 is 1.83 bits per heavy atom. The first kappa shape index (κ1) is 12.1. The quantitative estimate of drug-likeness (QED) is 0.636. The minimum Gasteiger partial charge on any atom is -0.500 e. The van der Waals surface area contributed by atoms with Crippen LogP contribution < -0.4 is 4.74 Å². The van der Waals surface area contributed by atoms with E-state index in [1.165, 1.54) is 0 Å². The lowest BCUT2D eigenvalue weighted by molar-refractivity contribution is -0.395. The van der Waals surface area contributed by atoms with Crippen molar-refractivity contribution in [1.29, 1.82) is 0 Å². The zero-order valence-corrected chi connectivity index (χ0v) is 9.67. The van der Waals surface area contributed by atoms with Crippen LogP contribution in [-0.4, -0.2) is 20.6 Å². The lowest BCUT2D eigenvalue weighted by atomic mass is 10.00. The van der Waals surface area contributed by atoms with E-state index in [2.05, 4.69) is 0 Å². The molecule has 0 saturated carbocycles. The molecule has 0 aromatic heterocycles. The summed E-state index contributed by atoms with van der Waals surface area (Å²) >= 11 is 0. The molecule has 8 nitrogen and oxygen atoms in total. The van der Waals surface area contributed by atoms with Crippen LogP contribution in [0.3, 0.4) is 0 Å². The van der Waals surface area contributed by atoms with Crippen molar-refractivity contribution in [2.75, 3.05) is 0 Å². The number of benzene rings is 1. The SMILES string of the molecule is CC1(C)Cc2c([N+](=O)[O-])cc([N+](=O)[O-])c(O)c2O1. The number of fused-ring (bicyclic) bond motifs is 1. The first-order valence-electron chi connectivity index (χ1n) is 5.09. The molecule has 18 heavy (non-hydrogen) atoms. The molecule has 0 fully saturated rings. The Morgan fingerprint density at radius 3 is 2.33 bits per heavy atom. The van der Waals surface area contributed by atoms with Crippen LogP contribution in [0.2, 0.25) is 0 Å². The smallest absolute Gasteiger partial charge is 0.321 e. The molecule has 1 aliphatic rings. The summed E-state index contributed by atoms with van der Waals surface area (Å²) in [4.78, 5) is 20.0. The molecule has 96 valence electrons. The van der Waals surface area contributed by atoms with Crippen molar-refractivity contribution in [3.05, 3.63) is 31.9 Å². The first-order chi connectivity index (χ1) is 8.23. The molecule has 1 heterocycles. The summed E-state index contributed by atoms with van der Waals surface area (Å²) in [6.45, 7) is 3.37. The maximum absolute atomic E-state index is 10.9. The topological polar surface area (TPSA) is 116 Å². The number of ether oxygens (including phenoxy) is 1. The van der Waals surface area contributed by atoms with E-state index in [0.29, 0.717) is 0 Å². The first-order valence-corrected chi connectivity index (χ1v) is 5.09. The van der Waals surface area contributed by atoms with Crippen LogP contribution >= 0.6 is 0 Å². The molecule has 0 radical (unpaired) electrons. The van der Waals surface area contributed by atoms with Crippen molar-refractivity contribution >= 4 is 11.4 Å². The molecule has 1 N–H and O–H groups in total. The van der Waals surface area contributed by atoms with Gasteiger partial charge < -0.3 is 9.84 Å². The third-order valence-electron chi connectivity index (χ3n) is 2.69. The minimum absolute atomic E-state index is 0.166. The monoisotopic (exact) mass is 254 g/mol. The standard InChI is InChI=1S/C10H10N2O6/c1-10(2)4-5-6(11(14)15)3-7(12(16)17)8(13)9(5)18-10/h3,13H,4H2,1-2H3. The second kappa shape index (κ2) is 3.56. The molecule has 8 heteroatoms. The number of nitrogens with zero attached hydrogens (tertiary/aromatic N) is 2. The van der Waals surface area contributed by atoms with Crippen LogP contribution in [0.15, 0.2) is 6.07 Å². The Bertz CT molecular complexity index is 566. The van der Waals surface area contributed by atoms with Gasteiger partial charge in [0.05, 0.1) is 21.5 Å². The van der Waals surface area contributed by atoms with Crippen LogP contribution in [0.5, 0.6) is 11.5 Å².